The molecule has 184 valence electrons. The highest BCUT2D eigenvalue weighted by atomic mass is 35.5. The van der Waals surface area contributed by atoms with Gasteiger partial charge in [-0.25, -0.2) is 14.4 Å². The van der Waals surface area contributed by atoms with Gasteiger partial charge in [0.05, 0.1) is 5.69 Å². The van der Waals surface area contributed by atoms with E-state index >= 15 is 0 Å². The summed E-state index contributed by atoms with van der Waals surface area (Å²) in [5.74, 6) is 1.30. The minimum Gasteiger partial charge on any atom is -0.366 e. The van der Waals surface area contributed by atoms with Crippen molar-refractivity contribution < 1.29 is 9.18 Å². The second-order valence-corrected chi connectivity index (χ2v) is 9.55. The van der Waals surface area contributed by atoms with Gasteiger partial charge < -0.3 is 14.7 Å². The first-order valence-electron chi connectivity index (χ1n) is 11.8. The van der Waals surface area contributed by atoms with Crippen LogP contribution in [0.2, 0.25) is 5.15 Å². The Hall–Kier alpha value is -2.84. The SMILES string of the molecule is CCN(CC)C(=O)c1ccc(CSc2nc(Cl)cc(N3CCN(c4ccccc4F)CC3)n2)cc1. The van der Waals surface area contributed by atoms with E-state index in [4.69, 9.17) is 16.6 Å². The van der Waals surface area contributed by atoms with Crippen LogP contribution < -0.4 is 9.80 Å². The van der Waals surface area contributed by atoms with E-state index in [2.05, 4.69) is 14.8 Å². The minimum absolute atomic E-state index is 0.0483. The molecule has 0 N–H and O–H groups in total. The molecule has 0 aliphatic carbocycles. The number of benzene rings is 2. The first kappa shape index (κ1) is 25.3. The predicted octanol–water partition coefficient (Wildman–Crippen LogP) is 5.37. The Morgan fingerprint density at radius 1 is 1.00 bits per heavy atom. The number of para-hydroxylation sites is 1. The minimum atomic E-state index is -0.199. The Kier molecular flexibility index (Phi) is 8.46. The third kappa shape index (κ3) is 6.24. The van der Waals surface area contributed by atoms with Crippen LogP contribution >= 0.6 is 23.4 Å². The van der Waals surface area contributed by atoms with Gasteiger partial charge in [-0.05, 0) is 43.7 Å². The molecule has 1 aliphatic rings. The average molecular weight is 514 g/mol. The fourth-order valence-corrected chi connectivity index (χ4v) is 5.12. The molecule has 2 heterocycles. The van der Waals surface area contributed by atoms with Crippen LogP contribution in [0.25, 0.3) is 0 Å². The third-order valence-corrected chi connectivity index (χ3v) is 7.19. The summed E-state index contributed by atoms with van der Waals surface area (Å²) in [6, 6.07) is 16.3. The van der Waals surface area contributed by atoms with Crippen LogP contribution in [0.4, 0.5) is 15.9 Å². The Balaban J connectivity index is 1.37. The molecule has 0 spiro atoms. The molecular formula is C26H29ClFN5OS. The largest absolute Gasteiger partial charge is 0.366 e. The number of amides is 1. The number of halogens is 2. The molecule has 1 aliphatic heterocycles. The van der Waals surface area contributed by atoms with Gasteiger partial charge in [0.1, 0.15) is 16.8 Å². The molecule has 0 radical (unpaired) electrons. The van der Waals surface area contributed by atoms with Crippen molar-refractivity contribution in [2.75, 3.05) is 49.1 Å². The van der Waals surface area contributed by atoms with E-state index in [9.17, 15) is 9.18 Å². The summed E-state index contributed by atoms with van der Waals surface area (Å²) in [7, 11) is 0. The maximum absolute atomic E-state index is 14.1. The number of carbonyl (C=O) groups excluding carboxylic acids is 1. The van der Waals surface area contributed by atoms with Crippen LogP contribution in [0.15, 0.2) is 59.8 Å². The fourth-order valence-electron chi connectivity index (χ4n) is 4.08. The quantitative estimate of drug-likeness (QED) is 0.229. The summed E-state index contributed by atoms with van der Waals surface area (Å²) in [5, 5.41) is 1.00. The van der Waals surface area contributed by atoms with Gasteiger partial charge in [0.15, 0.2) is 5.16 Å². The number of carbonyl (C=O) groups is 1. The summed E-state index contributed by atoms with van der Waals surface area (Å²) in [6.07, 6.45) is 0. The normalized spacial score (nSPS) is 13.7. The van der Waals surface area contributed by atoms with Gasteiger partial charge in [-0.3, -0.25) is 4.79 Å². The lowest BCUT2D eigenvalue weighted by molar-refractivity contribution is 0.0773. The van der Waals surface area contributed by atoms with Crippen LogP contribution in [-0.4, -0.2) is 60.0 Å². The summed E-state index contributed by atoms with van der Waals surface area (Å²) < 4.78 is 14.1. The molecule has 1 amide bonds. The van der Waals surface area contributed by atoms with Crippen LogP contribution in [0.5, 0.6) is 0 Å². The van der Waals surface area contributed by atoms with Crippen molar-refractivity contribution in [1.29, 1.82) is 0 Å². The van der Waals surface area contributed by atoms with E-state index in [-0.39, 0.29) is 11.7 Å². The molecular weight excluding hydrogens is 485 g/mol. The van der Waals surface area contributed by atoms with Crippen molar-refractivity contribution in [3.63, 3.8) is 0 Å². The molecule has 2 aromatic carbocycles. The predicted molar refractivity (Wildman–Crippen MR) is 141 cm³/mol. The van der Waals surface area contributed by atoms with Crippen molar-refractivity contribution in [3.05, 3.63) is 76.7 Å². The number of hydrogen-bond acceptors (Lipinski definition) is 6. The first-order valence-corrected chi connectivity index (χ1v) is 13.1. The zero-order chi connectivity index (χ0) is 24.8. The van der Waals surface area contributed by atoms with E-state index in [1.165, 1.54) is 17.8 Å². The summed E-state index contributed by atoms with van der Waals surface area (Å²) in [4.78, 5) is 27.6. The second kappa shape index (κ2) is 11.7. The van der Waals surface area contributed by atoms with Gasteiger partial charge in [0.25, 0.3) is 5.91 Å². The van der Waals surface area contributed by atoms with Crippen molar-refractivity contribution in [3.8, 4) is 0 Å². The molecule has 0 saturated carbocycles. The summed E-state index contributed by atoms with van der Waals surface area (Å²) in [5.41, 5.74) is 2.40. The number of anilines is 2. The fraction of sp³-hybridized carbons (Fsp3) is 0.346. The number of thioether (sulfide) groups is 1. The summed E-state index contributed by atoms with van der Waals surface area (Å²) >= 11 is 7.82. The lowest BCUT2D eigenvalue weighted by atomic mass is 10.1. The van der Waals surface area contributed by atoms with Gasteiger partial charge in [-0.1, -0.05) is 47.6 Å². The van der Waals surface area contributed by atoms with Crippen LogP contribution in [0, 0.1) is 5.82 Å². The maximum atomic E-state index is 14.1. The van der Waals surface area contributed by atoms with E-state index in [1.807, 2.05) is 50.2 Å². The van der Waals surface area contributed by atoms with E-state index in [0.717, 1.165) is 11.4 Å². The topological polar surface area (TPSA) is 52.6 Å². The molecule has 35 heavy (non-hydrogen) atoms. The van der Waals surface area contributed by atoms with Gasteiger partial charge in [0.2, 0.25) is 0 Å². The Morgan fingerprint density at radius 3 is 2.31 bits per heavy atom. The molecule has 9 heteroatoms. The van der Waals surface area contributed by atoms with Crippen molar-refractivity contribution in [2.45, 2.75) is 24.8 Å². The van der Waals surface area contributed by atoms with Crippen molar-refractivity contribution >= 4 is 40.8 Å². The van der Waals surface area contributed by atoms with Crippen LogP contribution in [0.1, 0.15) is 29.8 Å². The highest BCUT2D eigenvalue weighted by Crippen LogP contribution is 2.27. The molecule has 1 saturated heterocycles. The maximum Gasteiger partial charge on any atom is 0.253 e. The van der Waals surface area contributed by atoms with Crippen LogP contribution in [0.3, 0.4) is 0 Å². The molecule has 1 fully saturated rings. The average Bonchev–Trinajstić information content (AvgIpc) is 2.88. The molecule has 4 rings (SSSR count). The molecule has 0 unspecified atom stereocenters. The highest BCUT2D eigenvalue weighted by Gasteiger charge is 2.21. The highest BCUT2D eigenvalue weighted by molar-refractivity contribution is 7.98. The molecule has 0 atom stereocenters. The molecule has 0 bridgehead atoms. The zero-order valence-electron chi connectivity index (χ0n) is 20.0. The lowest BCUT2D eigenvalue weighted by Crippen LogP contribution is -2.47. The van der Waals surface area contributed by atoms with Crippen molar-refractivity contribution in [2.24, 2.45) is 0 Å². The number of hydrogen-bond donors (Lipinski definition) is 0. The zero-order valence-corrected chi connectivity index (χ0v) is 21.5. The molecule has 6 nitrogen and oxygen atoms in total. The monoisotopic (exact) mass is 513 g/mol. The van der Waals surface area contributed by atoms with E-state index in [1.54, 1.807) is 17.0 Å². The molecule has 1 aromatic heterocycles. The van der Waals surface area contributed by atoms with Gasteiger partial charge in [-0.15, -0.1) is 0 Å². The first-order chi connectivity index (χ1) is 17.0. The lowest BCUT2D eigenvalue weighted by Gasteiger charge is -2.36. The third-order valence-electron chi connectivity index (χ3n) is 6.08. The van der Waals surface area contributed by atoms with Crippen LogP contribution in [-0.2, 0) is 5.75 Å². The number of aromatic nitrogens is 2. The standard InChI is InChI=1S/C26H29ClFN5OS/c1-3-31(4-2)25(34)20-11-9-19(10-12-20)18-35-26-29-23(27)17-24(30-26)33-15-13-32(14-16-33)22-8-6-5-7-21(22)28/h5-12,17H,3-4,13-16,18H2,1-2H3. The van der Waals surface area contributed by atoms with Gasteiger partial charge in [-0.2, -0.15) is 0 Å². The number of rotatable bonds is 8. The van der Waals surface area contributed by atoms with Gasteiger partial charge in [0, 0.05) is 56.7 Å². The smallest absolute Gasteiger partial charge is 0.253 e. The van der Waals surface area contributed by atoms with Crippen molar-refractivity contribution in [1.82, 2.24) is 14.9 Å². The Morgan fingerprint density at radius 2 is 1.66 bits per heavy atom. The number of nitrogens with zero attached hydrogens (tertiary/aromatic N) is 5. The van der Waals surface area contributed by atoms with E-state index in [0.29, 0.717) is 66.6 Å². The summed E-state index contributed by atoms with van der Waals surface area (Å²) in [6.45, 7) is 8.18. The van der Waals surface area contributed by atoms with E-state index < -0.39 is 0 Å². The molecule has 3 aromatic rings. The van der Waals surface area contributed by atoms with Gasteiger partial charge >= 0.3 is 0 Å². The number of piperazine rings is 1. The Bertz CT molecular complexity index is 1150. The second-order valence-electron chi connectivity index (χ2n) is 8.22. The Labute approximate surface area is 215 Å².